The summed E-state index contributed by atoms with van der Waals surface area (Å²) in [6, 6.07) is 21.8. The highest BCUT2D eigenvalue weighted by molar-refractivity contribution is 7.17. The zero-order valence-electron chi connectivity index (χ0n) is 23.2. The number of hydrogen-bond donors (Lipinski definition) is 2. The molecule has 0 bridgehead atoms. The lowest BCUT2D eigenvalue weighted by atomic mass is 10.0. The van der Waals surface area contributed by atoms with Gasteiger partial charge in [0, 0.05) is 21.7 Å². The maximum absolute atomic E-state index is 13.1. The standard InChI is InChI=1S/C32H32N2O5S/c1-6-38-32(37)28-27(23-12-8-7-9-13-23)22(5)40-31(28)34-30(36)24-15-17-25(18-16-24)39-21(4)29(35)33-26-14-10-11-19(2)20(26)3/h7-18,21H,6H2,1-5H3,(H,33,35)(H,34,36). The van der Waals surface area contributed by atoms with Crippen molar-refractivity contribution in [3.8, 4) is 16.9 Å². The number of hydrogen-bond acceptors (Lipinski definition) is 6. The number of esters is 1. The highest BCUT2D eigenvalue weighted by Gasteiger charge is 2.26. The fourth-order valence-electron chi connectivity index (χ4n) is 4.22. The van der Waals surface area contributed by atoms with Crippen LogP contribution in [0, 0.1) is 20.8 Å². The molecular weight excluding hydrogens is 524 g/mol. The fourth-order valence-corrected chi connectivity index (χ4v) is 5.28. The Morgan fingerprint density at radius 1 is 0.875 bits per heavy atom. The minimum atomic E-state index is -0.753. The third kappa shape index (κ3) is 6.40. The molecule has 206 valence electrons. The van der Waals surface area contributed by atoms with Crippen LogP contribution in [0.4, 0.5) is 10.7 Å². The van der Waals surface area contributed by atoms with Gasteiger partial charge in [0.25, 0.3) is 11.8 Å². The Morgan fingerprint density at radius 3 is 2.25 bits per heavy atom. The molecule has 1 atom stereocenters. The number of carbonyl (C=O) groups excluding carboxylic acids is 3. The Kier molecular flexibility index (Phi) is 9.01. The summed E-state index contributed by atoms with van der Waals surface area (Å²) in [5, 5.41) is 6.22. The lowest BCUT2D eigenvalue weighted by Gasteiger charge is -2.16. The summed E-state index contributed by atoms with van der Waals surface area (Å²) in [4.78, 5) is 39.7. The van der Waals surface area contributed by atoms with E-state index in [0.29, 0.717) is 21.9 Å². The second-order valence-corrected chi connectivity index (χ2v) is 10.5. The van der Waals surface area contributed by atoms with Crippen molar-refractivity contribution >= 4 is 39.8 Å². The van der Waals surface area contributed by atoms with Gasteiger partial charge in [-0.25, -0.2) is 4.79 Å². The molecule has 2 amide bonds. The van der Waals surface area contributed by atoms with Crippen LogP contribution in [0.25, 0.3) is 11.1 Å². The number of rotatable bonds is 9. The summed E-state index contributed by atoms with van der Waals surface area (Å²) < 4.78 is 11.1. The molecular formula is C32H32N2O5S. The minimum Gasteiger partial charge on any atom is -0.481 e. The van der Waals surface area contributed by atoms with Crippen LogP contribution in [0.15, 0.2) is 72.8 Å². The fraction of sp³-hybridized carbons (Fsp3) is 0.219. The van der Waals surface area contributed by atoms with Gasteiger partial charge in [-0.15, -0.1) is 11.3 Å². The summed E-state index contributed by atoms with van der Waals surface area (Å²) >= 11 is 1.33. The van der Waals surface area contributed by atoms with Gasteiger partial charge in [0.15, 0.2) is 6.10 Å². The van der Waals surface area contributed by atoms with Crippen molar-refractivity contribution in [1.82, 2.24) is 0 Å². The first-order valence-corrected chi connectivity index (χ1v) is 13.8. The Balaban J connectivity index is 1.47. The third-order valence-electron chi connectivity index (χ3n) is 6.51. The molecule has 1 aromatic heterocycles. The molecule has 3 aromatic carbocycles. The van der Waals surface area contributed by atoms with E-state index in [4.69, 9.17) is 9.47 Å². The van der Waals surface area contributed by atoms with E-state index < -0.39 is 12.1 Å². The number of thiophene rings is 1. The number of aryl methyl sites for hydroxylation is 2. The molecule has 1 unspecified atom stereocenters. The summed E-state index contributed by atoms with van der Waals surface area (Å²) in [5.74, 6) is -0.688. The van der Waals surface area contributed by atoms with E-state index in [2.05, 4.69) is 10.6 Å². The van der Waals surface area contributed by atoms with Crippen LogP contribution >= 0.6 is 11.3 Å². The molecule has 4 rings (SSSR count). The molecule has 0 spiro atoms. The molecule has 7 nitrogen and oxygen atoms in total. The van der Waals surface area contributed by atoms with Crippen molar-refractivity contribution in [3.63, 3.8) is 0 Å². The highest BCUT2D eigenvalue weighted by atomic mass is 32.1. The van der Waals surface area contributed by atoms with Gasteiger partial charge in [0.2, 0.25) is 0 Å². The summed E-state index contributed by atoms with van der Waals surface area (Å²) in [6.07, 6.45) is -0.753. The van der Waals surface area contributed by atoms with Gasteiger partial charge in [-0.2, -0.15) is 0 Å². The van der Waals surface area contributed by atoms with Crippen LogP contribution < -0.4 is 15.4 Å². The Labute approximate surface area is 238 Å². The van der Waals surface area contributed by atoms with Gasteiger partial charge in [0.05, 0.1) is 6.61 Å². The molecule has 0 aliphatic rings. The number of carbonyl (C=O) groups is 3. The van der Waals surface area contributed by atoms with E-state index in [1.54, 1.807) is 38.1 Å². The van der Waals surface area contributed by atoms with Crippen molar-refractivity contribution in [2.24, 2.45) is 0 Å². The van der Waals surface area contributed by atoms with Gasteiger partial charge >= 0.3 is 5.97 Å². The molecule has 40 heavy (non-hydrogen) atoms. The largest absolute Gasteiger partial charge is 0.481 e. The predicted molar refractivity (Wildman–Crippen MR) is 159 cm³/mol. The number of benzene rings is 3. The molecule has 0 fully saturated rings. The van der Waals surface area contributed by atoms with E-state index in [1.807, 2.05) is 69.3 Å². The van der Waals surface area contributed by atoms with Gasteiger partial charge in [-0.1, -0.05) is 42.5 Å². The average molecular weight is 557 g/mol. The van der Waals surface area contributed by atoms with E-state index in [9.17, 15) is 14.4 Å². The van der Waals surface area contributed by atoms with Crippen LogP contribution in [0.1, 0.15) is 50.6 Å². The molecule has 1 heterocycles. The van der Waals surface area contributed by atoms with Crippen molar-refractivity contribution in [3.05, 3.63) is 99.9 Å². The second kappa shape index (κ2) is 12.6. The Bertz CT molecular complexity index is 1530. The molecule has 2 N–H and O–H groups in total. The molecule has 0 saturated heterocycles. The lowest BCUT2D eigenvalue weighted by molar-refractivity contribution is -0.122. The molecule has 0 radical (unpaired) electrons. The van der Waals surface area contributed by atoms with Crippen LogP contribution in [0.2, 0.25) is 0 Å². The SMILES string of the molecule is CCOC(=O)c1c(NC(=O)c2ccc(OC(C)C(=O)Nc3cccc(C)c3C)cc2)sc(C)c1-c1ccccc1. The maximum atomic E-state index is 13.1. The summed E-state index contributed by atoms with van der Waals surface area (Å²) in [6.45, 7) is 9.49. The van der Waals surface area contributed by atoms with E-state index in [1.165, 1.54) is 11.3 Å². The average Bonchev–Trinajstić information content (AvgIpc) is 3.27. The monoisotopic (exact) mass is 556 g/mol. The van der Waals surface area contributed by atoms with Crippen molar-refractivity contribution in [2.45, 2.75) is 40.7 Å². The van der Waals surface area contributed by atoms with Crippen molar-refractivity contribution < 1.29 is 23.9 Å². The number of anilines is 2. The van der Waals surface area contributed by atoms with Crippen LogP contribution in [-0.4, -0.2) is 30.5 Å². The number of ether oxygens (including phenoxy) is 2. The molecule has 8 heteroatoms. The molecule has 0 aliphatic carbocycles. The summed E-state index contributed by atoms with van der Waals surface area (Å²) in [7, 11) is 0. The number of nitrogens with one attached hydrogen (secondary N) is 2. The van der Waals surface area contributed by atoms with Gasteiger partial charge in [0.1, 0.15) is 16.3 Å². The van der Waals surface area contributed by atoms with Gasteiger partial charge in [-0.3, -0.25) is 9.59 Å². The minimum absolute atomic E-state index is 0.220. The van der Waals surface area contributed by atoms with Crippen LogP contribution in [-0.2, 0) is 9.53 Å². The van der Waals surface area contributed by atoms with Gasteiger partial charge < -0.3 is 20.1 Å². The molecule has 4 aromatic rings. The quantitative estimate of drug-likeness (QED) is 0.213. The summed E-state index contributed by atoms with van der Waals surface area (Å²) in [5.41, 5.74) is 5.17. The topological polar surface area (TPSA) is 93.7 Å². The second-order valence-electron chi connectivity index (χ2n) is 9.30. The first kappa shape index (κ1) is 28.6. The van der Waals surface area contributed by atoms with Gasteiger partial charge in [-0.05, 0) is 81.6 Å². The highest BCUT2D eigenvalue weighted by Crippen LogP contribution is 2.40. The number of amides is 2. The van der Waals surface area contributed by atoms with E-state index >= 15 is 0 Å². The van der Waals surface area contributed by atoms with Crippen LogP contribution in [0.3, 0.4) is 0 Å². The third-order valence-corrected chi connectivity index (χ3v) is 7.54. The predicted octanol–water partition coefficient (Wildman–Crippen LogP) is 7.18. The van der Waals surface area contributed by atoms with E-state index in [0.717, 1.165) is 32.8 Å². The van der Waals surface area contributed by atoms with Crippen molar-refractivity contribution in [2.75, 3.05) is 17.2 Å². The lowest BCUT2D eigenvalue weighted by Crippen LogP contribution is -2.30. The normalized spacial score (nSPS) is 11.4. The van der Waals surface area contributed by atoms with Crippen LogP contribution in [0.5, 0.6) is 5.75 Å². The van der Waals surface area contributed by atoms with E-state index in [-0.39, 0.29) is 18.4 Å². The molecule has 0 saturated carbocycles. The Morgan fingerprint density at radius 2 is 1.57 bits per heavy atom. The zero-order chi connectivity index (χ0) is 28.8. The first-order valence-electron chi connectivity index (χ1n) is 13.0. The first-order chi connectivity index (χ1) is 19.2. The molecule has 0 aliphatic heterocycles. The zero-order valence-corrected chi connectivity index (χ0v) is 24.0. The Hall–Kier alpha value is -4.43. The van der Waals surface area contributed by atoms with Crippen molar-refractivity contribution in [1.29, 1.82) is 0 Å². The maximum Gasteiger partial charge on any atom is 0.341 e. The smallest absolute Gasteiger partial charge is 0.341 e.